The summed E-state index contributed by atoms with van der Waals surface area (Å²) in [5.74, 6) is -1.66. The van der Waals surface area contributed by atoms with E-state index in [1.807, 2.05) is 0 Å². The van der Waals surface area contributed by atoms with E-state index in [0.717, 1.165) is 0 Å². The van der Waals surface area contributed by atoms with Crippen LogP contribution < -0.4 is 5.73 Å². The first-order chi connectivity index (χ1) is 5.61. The molecular weight excluding hydrogens is 164 g/mol. The Morgan fingerprint density at radius 3 is 2.67 bits per heavy atom. The Hall–Kier alpha value is -1.14. The quantitative estimate of drug-likeness (QED) is 0.540. The molecule has 68 valence electrons. The van der Waals surface area contributed by atoms with Gasteiger partial charge in [-0.25, -0.2) is 0 Å². The fourth-order valence-electron chi connectivity index (χ4n) is 0.823. The molecule has 0 aliphatic carbocycles. The van der Waals surface area contributed by atoms with Crippen LogP contribution in [0.15, 0.2) is 0 Å². The molecule has 2 N–H and O–H groups in total. The number of nitrogens with two attached hydrogens (primary N) is 1. The van der Waals surface area contributed by atoms with E-state index in [9.17, 15) is 9.59 Å². The highest BCUT2D eigenvalue weighted by molar-refractivity contribution is 5.79. The Morgan fingerprint density at radius 2 is 2.00 bits per heavy atom. The van der Waals surface area contributed by atoms with Crippen molar-refractivity contribution < 1.29 is 19.3 Å². The van der Waals surface area contributed by atoms with Crippen LogP contribution in [0.25, 0.3) is 5.64 Å². The Bertz CT molecular complexity index is 186. The smallest absolute Gasteiger partial charge is 0.310 e. The van der Waals surface area contributed by atoms with Gasteiger partial charge in [0.2, 0.25) is 0 Å². The van der Waals surface area contributed by atoms with Gasteiger partial charge in [-0.3, -0.25) is 15.2 Å². The Kier molecular flexibility index (Phi) is 2.61. The lowest BCUT2D eigenvalue weighted by atomic mass is 10.0. The predicted octanol–water partition coefficient (Wildman–Crippen LogP) is -0.356. The molecule has 1 saturated heterocycles. The van der Waals surface area contributed by atoms with Crippen LogP contribution in [-0.4, -0.2) is 18.0 Å². The molecule has 1 aliphatic heterocycles. The maximum absolute atomic E-state index is 10.9. The molecule has 0 amide bonds. The standard InChI is InChI=1S/C6H9N2O4/c1-3-2-4(7)6(10)12-8-11-5(3)9/h3-4H,2,7H2,1H3/q-1. The van der Waals surface area contributed by atoms with E-state index < -0.39 is 23.9 Å². The van der Waals surface area contributed by atoms with E-state index >= 15 is 0 Å². The van der Waals surface area contributed by atoms with Crippen molar-refractivity contribution >= 4 is 11.9 Å². The van der Waals surface area contributed by atoms with Gasteiger partial charge in [0.15, 0.2) is 0 Å². The molecular formula is C6H9N2O4-. The third-order valence-electron chi connectivity index (χ3n) is 1.57. The summed E-state index contributed by atoms with van der Waals surface area (Å²) in [4.78, 5) is 30.0. The molecule has 2 unspecified atom stereocenters. The summed E-state index contributed by atoms with van der Waals surface area (Å²) >= 11 is 0. The number of hydrogen-bond acceptors (Lipinski definition) is 5. The van der Waals surface area contributed by atoms with Gasteiger partial charge in [0.1, 0.15) is 6.04 Å². The third kappa shape index (κ3) is 1.93. The minimum atomic E-state index is -0.809. The highest BCUT2D eigenvalue weighted by Crippen LogP contribution is 2.13. The van der Waals surface area contributed by atoms with E-state index in [1.165, 1.54) is 0 Å². The lowest BCUT2D eigenvalue weighted by molar-refractivity contribution is -0.161. The largest absolute Gasteiger partial charge is 0.528 e. The van der Waals surface area contributed by atoms with Crippen LogP contribution in [-0.2, 0) is 19.3 Å². The van der Waals surface area contributed by atoms with Crippen LogP contribution in [0.2, 0.25) is 0 Å². The first-order valence-corrected chi connectivity index (χ1v) is 3.49. The van der Waals surface area contributed by atoms with Gasteiger partial charge in [-0.15, -0.1) is 0 Å². The second-order valence-electron chi connectivity index (χ2n) is 2.64. The molecule has 1 fully saturated rings. The van der Waals surface area contributed by atoms with Crippen molar-refractivity contribution in [1.82, 2.24) is 0 Å². The average molecular weight is 173 g/mol. The van der Waals surface area contributed by atoms with Crippen LogP contribution in [0, 0.1) is 5.92 Å². The van der Waals surface area contributed by atoms with Gasteiger partial charge in [-0.05, 0) is 6.42 Å². The summed E-state index contributed by atoms with van der Waals surface area (Å²) in [6, 6.07) is -0.809. The van der Waals surface area contributed by atoms with Gasteiger partial charge in [-0.1, -0.05) is 6.92 Å². The fourth-order valence-corrected chi connectivity index (χ4v) is 0.823. The van der Waals surface area contributed by atoms with Crippen LogP contribution >= 0.6 is 0 Å². The van der Waals surface area contributed by atoms with Gasteiger partial charge in [-0.2, -0.15) is 0 Å². The maximum Gasteiger partial charge on any atom is 0.310 e. The zero-order valence-electron chi connectivity index (χ0n) is 6.52. The fraction of sp³-hybridized carbons (Fsp3) is 0.667. The van der Waals surface area contributed by atoms with Gasteiger partial charge in [0.05, 0.1) is 5.92 Å². The van der Waals surface area contributed by atoms with E-state index in [2.05, 4.69) is 15.3 Å². The molecule has 0 spiro atoms. The van der Waals surface area contributed by atoms with Crippen molar-refractivity contribution in [2.24, 2.45) is 11.7 Å². The third-order valence-corrected chi connectivity index (χ3v) is 1.57. The summed E-state index contributed by atoms with van der Waals surface area (Å²) in [5, 5.41) is 0. The van der Waals surface area contributed by atoms with E-state index in [4.69, 9.17) is 5.73 Å². The normalized spacial score (nSPS) is 31.5. The van der Waals surface area contributed by atoms with E-state index in [-0.39, 0.29) is 6.42 Å². The van der Waals surface area contributed by atoms with E-state index in [1.54, 1.807) is 6.92 Å². The second kappa shape index (κ2) is 3.51. The molecule has 0 saturated carbocycles. The molecule has 1 heterocycles. The number of hydrogen-bond donors (Lipinski definition) is 1. The molecule has 0 aromatic heterocycles. The van der Waals surface area contributed by atoms with Crippen LogP contribution in [0.5, 0.6) is 0 Å². The number of carbonyl (C=O) groups is 2. The Labute approximate surface area is 68.9 Å². The van der Waals surface area contributed by atoms with Crippen LogP contribution in [0.4, 0.5) is 0 Å². The minimum absolute atomic E-state index is 0.215. The number of rotatable bonds is 0. The minimum Gasteiger partial charge on any atom is -0.528 e. The van der Waals surface area contributed by atoms with Crippen molar-refractivity contribution in [3.63, 3.8) is 0 Å². The van der Waals surface area contributed by atoms with Crippen molar-refractivity contribution in [3.8, 4) is 0 Å². The van der Waals surface area contributed by atoms with Gasteiger partial charge in [0.25, 0.3) is 5.97 Å². The summed E-state index contributed by atoms with van der Waals surface area (Å²) in [6.07, 6.45) is 0.215. The molecule has 1 rings (SSSR count). The van der Waals surface area contributed by atoms with Crippen molar-refractivity contribution in [2.75, 3.05) is 0 Å². The number of nitrogens with zero attached hydrogens (tertiary/aromatic N) is 1. The molecule has 2 atom stereocenters. The van der Waals surface area contributed by atoms with Crippen molar-refractivity contribution in [3.05, 3.63) is 5.64 Å². The lowest BCUT2D eigenvalue weighted by Crippen LogP contribution is -2.37. The molecule has 0 bridgehead atoms. The molecule has 0 aromatic rings. The molecule has 12 heavy (non-hydrogen) atoms. The summed E-state index contributed by atoms with van der Waals surface area (Å²) < 4.78 is 0. The van der Waals surface area contributed by atoms with Gasteiger partial charge in [0, 0.05) is 0 Å². The molecule has 0 radical (unpaired) electrons. The van der Waals surface area contributed by atoms with E-state index in [0.29, 0.717) is 0 Å². The van der Waals surface area contributed by atoms with Crippen molar-refractivity contribution in [1.29, 1.82) is 0 Å². The zero-order chi connectivity index (χ0) is 9.14. The van der Waals surface area contributed by atoms with Crippen LogP contribution in [0.1, 0.15) is 13.3 Å². The predicted molar refractivity (Wildman–Crippen MR) is 37.3 cm³/mol. The monoisotopic (exact) mass is 173 g/mol. The van der Waals surface area contributed by atoms with Gasteiger partial charge < -0.3 is 15.4 Å². The first-order valence-electron chi connectivity index (χ1n) is 3.49. The first kappa shape index (κ1) is 8.95. The molecule has 1 aliphatic rings. The zero-order valence-corrected chi connectivity index (χ0v) is 6.52. The lowest BCUT2D eigenvalue weighted by Gasteiger charge is -2.28. The van der Waals surface area contributed by atoms with Crippen molar-refractivity contribution in [2.45, 2.75) is 19.4 Å². The summed E-state index contributed by atoms with van der Waals surface area (Å²) in [5.41, 5.74) is 8.17. The second-order valence-corrected chi connectivity index (χ2v) is 2.64. The highest BCUT2D eigenvalue weighted by Gasteiger charge is 2.23. The summed E-state index contributed by atoms with van der Waals surface area (Å²) in [6.45, 7) is 1.61. The summed E-state index contributed by atoms with van der Waals surface area (Å²) in [7, 11) is 0. The SMILES string of the molecule is CC1CC(N)C(=O)O[N-]OC1=O. The molecule has 6 heteroatoms. The van der Waals surface area contributed by atoms with Gasteiger partial charge >= 0.3 is 5.97 Å². The topological polar surface area (TPSA) is 92.7 Å². The molecule has 0 aromatic carbocycles. The average Bonchev–Trinajstić information content (AvgIpc) is 2.02. The Morgan fingerprint density at radius 1 is 1.42 bits per heavy atom. The maximum atomic E-state index is 10.9. The highest BCUT2D eigenvalue weighted by atomic mass is 16.9. The Balaban J connectivity index is 2.60. The number of carbonyl (C=O) groups excluding carboxylic acids is 2. The van der Waals surface area contributed by atoms with Crippen LogP contribution in [0.3, 0.4) is 0 Å². The molecule has 6 nitrogen and oxygen atoms in total.